The Labute approximate surface area is 83.7 Å². The van der Waals surface area contributed by atoms with E-state index in [2.05, 4.69) is 10.2 Å². The van der Waals surface area contributed by atoms with Gasteiger partial charge in [-0.3, -0.25) is 9.69 Å². The molecule has 1 atom stereocenters. The molecule has 0 aromatic rings. The Bertz CT molecular complexity index is 208. The molecule has 0 saturated carbocycles. The van der Waals surface area contributed by atoms with Gasteiger partial charge in [0.15, 0.2) is 0 Å². The first-order chi connectivity index (χ1) is 6.85. The van der Waals surface area contributed by atoms with Gasteiger partial charge in [-0.25, -0.2) is 0 Å². The van der Waals surface area contributed by atoms with E-state index in [9.17, 15) is 9.90 Å². The molecule has 0 aliphatic carbocycles. The molecule has 2 aliphatic heterocycles. The van der Waals surface area contributed by atoms with E-state index in [1.165, 1.54) is 0 Å². The molecule has 2 saturated heterocycles. The molecule has 1 unspecified atom stereocenters. The van der Waals surface area contributed by atoms with Gasteiger partial charge in [-0.2, -0.15) is 0 Å². The maximum Gasteiger partial charge on any atom is 0.209 e. The molecule has 2 fully saturated rings. The topological polar surface area (TPSA) is 55.8 Å². The lowest BCUT2D eigenvalue weighted by molar-refractivity contribution is -0.122. The fourth-order valence-corrected chi connectivity index (χ4v) is 2.14. The molecule has 1 amide bonds. The van der Waals surface area contributed by atoms with Crippen molar-refractivity contribution in [2.45, 2.75) is 12.1 Å². The van der Waals surface area contributed by atoms with E-state index in [4.69, 9.17) is 0 Å². The van der Waals surface area contributed by atoms with Crippen molar-refractivity contribution in [3.63, 3.8) is 0 Å². The van der Waals surface area contributed by atoms with E-state index in [0.29, 0.717) is 12.6 Å². The monoisotopic (exact) mass is 199 g/mol. The SMILES string of the molecule is O=CN1CCN(C2CNC2)C(CO)C1. The Morgan fingerprint density at radius 2 is 2.21 bits per heavy atom. The first kappa shape index (κ1) is 9.89. The van der Waals surface area contributed by atoms with E-state index < -0.39 is 0 Å². The zero-order chi connectivity index (χ0) is 9.97. The largest absolute Gasteiger partial charge is 0.395 e. The van der Waals surface area contributed by atoms with E-state index in [0.717, 1.165) is 32.6 Å². The standard InChI is InChI=1S/C9H17N3O2/c13-6-9-5-11(7-14)1-2-12(9)8-3-10-4-8/h7-10,13H,1-6H2. The number of piperazine rings is 1. The summed E-state index contributed by atoms with van der Waals surface area (Å²) in [7, 11) is 0. The molecule has 2 heterocycles. The summed E-state index contributed by atoms with van der Waals surface area (Å²) in [4.78, 5) is 14.7. The van der Waals surface area contributed by atoms with Crippen LogP contribution < -0.4 is 5.32 Å². The number of carbonyl (C=O) groups is 1. The van der Waals surface area contributed by atoms with Crippen molar-refractivity contribution in [2.24, 2.45) is 0 Å². The van der Waals surface area contributed by atoms with Crippen LogP contribution in [0.2, 0.25) is 0 Å². The van der Waals surface area contributed by atoms with Crippen molar-refractivity contribution >= 4 is 6.41 Å². The summed E-state index contributed by atoms with van der Waals surface area (Å²) in [5.74, 6) is 0. The Morgan fingerprint density at radius 3 is 2.71 bits per heavy atom. The molecule has 2 rings (SSSR count). The van der Waals surface area contributed by atoms with Crippen LogP contribution in [0.1, 0.15) is 0 Å². The number of nitrogens with one attached hydrogen (secondary N) is 1. The Morgan fingerprint density at radius 1 is 1.43 bits per heavy atom. The molecule has 0 spiro atoms. The first-order valence-corrected chi connectivity index (χ1v) is 5.12. The van der Waals surface area contributed by atoms with E-state index >= 15 is 0 Å². The Balaban J connectivity index is 1.93. The van der Waals surface area contributed by atoms with Crippen molar-refractivity contribution < 1.29 is 9.90 Å². The van der Waals surface area contributed by atoms with Crippen molar-refractivity contribution in [1.82, 2.24) is 15.1 Å². The van der Waals surface area contributed by atoms with Crippen LogP contribution in [-0.2, 0) is 4.79 Å². The van der Waals surface area contributed by atoms with Gasteiger partial charge in [0.2, 0.25) is 6.41 Å². The molecule has 0 radical (unpaired) electrons. The zero-order valence-corrected chi connectivity index (χ0v) is 8.22. The lowest BCUT2D eigenvalue weighted by Crippen LogP contribution is -2.65. The average molecular weight is 199 g/mol. The van der Waals surface area contributed by atoms with Crippen LogP contribution in [0.15, 0.2) is 0 Å². The quantitative estimate of drug-likeness (QED) is 0.521. The highest BCUT2D eigenvalue weighted by Crippen LogP contribution is 2.14. The maximum absolute atomic E-state index is 10.6. The lowest BCUT2D eigenvalue weighted by Gasteiger charge is -2.47. The van der Waals surface area contributed by atoms with Crippen LogP contribution in [0.4, 0.5) is 0 Å². The third-order valence-corrected chi connectivity index (χ3v) is 3.15. The van der Waals surface area contributed by atoms with Crippen molar-refractivity contribution in [1.29, 1.82) is 0 Å². The number of hydrogen-bond acceptors (Lipinski definition) is 4. The predicted octanol–water partition coefficient (Wildman–Crippen LogP) is -1.91. The van der Waals surface area contributed by atoms with Crippen LogP contribution in [0.3, 0.4) is 0 Å². The summed E-state index contributed by atoms with van der Waals surface area (Å²) in [5, 5.41) is 12.5. The number of rotatable bonds is 3. The van der Waals surface area contributed by atoms with E-state index in [1.54, 1.807) is 4.90 Å². The van der Waals surface area contributed by atoms with Crippen LogP contribution in [0.5, 0.6) is 0 Å². The number of hydrogen-bond donors (Lipinski definition) is 2. The molecule has 0 aromatic carbocycles. The van der Waals surface area contributed by atoms with E-state index in [1.807, 2.05) is 0 Å². The molecular formula is C9H17N3O2. The van der Waals surface area contributed by atoms with Crippen molar-refractivity contribution in [2.75, 3.05) is 39.3 Å². The number of aliphatic hydroxyl groups is 1. The Kier molecular flexibility index (Phi) is 3.00. The molecule has 2 aliphatic rings. The van der Waals surface area contributed by atoms with Gasteiger partial charge in [0.05, 0.1) is 12.6 Å². The number of carbonyl (C=O) groups excluding carboxylic acids is 1. The number of nitrogens with zero attached hydrogens (tertiary/aromatic N) is 2. The highest BCUT2D eigenvalue weighted by atomic mass is 16.3. The third kappa shape index (κ3) is 1.75. The van der Waals surface area contributed by atoms with Gasteiger partial charge in [0.1, 0.15) is 0 Å². The molecule has 80 valence electrons. The smallest absolute Gasteiger partial charge is 0.209 e. The van der Waals surface area contributed by atoms with Crippen LogP contribution in [-0.4, -0.2) is 72.7 Å². The minimum Gasteiger partial charge on any atom is -0.395 e. The van der Waals surface area contributed by atoms with Gasteiger partial charge < -0.3 is 15.3 Å². The van der Waals surface area contributed by atoms with Crippen LogP contribution >= 0.6 is 0 Å². The molecule has 14 heavy (non-hydrogen) atoms. The number of aliphatic hydroxyl groups excluding tert-OH is 1. The fraction of sp³-hybridized carbons (Fsp3) is 0.889. The van der Waals surface area contributed by atoms with Crippen LogP contribution in [0.25, 0.3) is 0 Å². The summed E-state index contributed by atoms with van der Waals surface area (Å²) in [6.07, 6.45) is 0.874. The van der Waals surface area contributed by atoms with Crippen LogP contribution in [0, 0.1) is 0 Å². The predicted molar refractivity (Wildman–Crippen MR) is 51.9 cm³/mol. The minimum atomic E-state index is 0.126. The second kappa shape index (κ2) is 4.25. The second-order valence-corrected chi connectivity index (χ2v) is 3.99. The van der Waals surface area contributed by atoms with Crippen molar-refractivity contribution in [3.05, 3.63) is 0 Å². The van der Waals surface area contributed by atoms with Gasteiger partial charge in [0.25, 0.3) is 0 Å². The first-order valence-electron chi connectivity index (χ1n) is 5.12. The summed E-state index contributed by atoms with van der Waals surface area (Å²) in [6, 6.07) is 0.682. The molecule has 5 heteroatoms. The lowest BCUT2D eigenvalue weighted by atomic mass is 10.1. The molecular weight excluding hydrogens is 182 g/mol. The van der Waals surface area contributed by atoms with Gasteiger partial charge in [-0.1, -0.05) is 0 Å². The Hall–Kier alpha value is -0.650. The summed E-state index contributed by atoms with van der Waals surface area (Å²) >= 11 is 0. The zero-order valence-electron chi connectivity index (χ0n) is 8.22. The van der Waals surface area contributed by atoms with Gasteiger partial charge in [0, 0.05) is 38.8 Å². The minimum absolute atomic E-state index is 0.126. The highest BCUT2D eigenvalue weighted by molar-refractivity contribution is 5.47. The normalized spacial score (nSPS) is 30.1. The molecule has 0 bridgehead atoms. The second-order valence-electron chi connectivity index (χ2n) is 3.99. The molecule has 5 nitrogen and oxygen atoms in total. The maximum atomic E-state index is 10.6. The van der Waals surface area contributed by atoms with E-state index in [-0.39, 0.29) is 12.6 Å². The van der Waals surface area contributed by atoms with Crippen molar-refractivity contribution in [3.8, 4) is 0 Å². The summed E-state index contributed by atoms with van der Waals surface area (Å²) in [6.45, 7) is 4.50. The van der Waals surface area contributed by atoms with Gasteiger partial charge >= 0.3 is 0 Å². The van der Waals surface area contributed by atoms with Gasteiger partial charge in [-0.05, 0) is 0 Å². The third-order valence-electron chi connectivity index (χ3n) is 3.15. The highest BCUT2D eigenvalue weighted by Gasteiger charge is 2.33. The average Bonchev–Trinajstić information content (AvgIpc) is 2.16. The number of amides is 1. The molecule has 0 aromatic heterocycles. The fourth-order valence-electron chi connectivity index (χ4n) is 2.14. The molecule has 2 N–H and O–H groups in total. The summed E-state index contributed by atoms with van der Waals surface area (Å²) < 4.78 is 0. The summed E-state index contributed by atoms with van der Waals surface area (Å²) in [5.41, 5.74) is 0. The van der Waals surface area contributed by atoms with Gasteiger partial charge in [-0.15, -0.1) is 0 Å².